The molecule has 0 saturated carbocycles. The molecule has 1 aromatic heterocycles. The first-order valence-electron chi connectivity index (χ1n) is 7.95. The van der Waals surface area contributed by atoms with Gasteiger partial charge in [0.25, 0.3) is 0 Å². The summed E-state index contributed by atoms with van der Waals surface area (Å²) in [6.07, 6.45) is 6.83. The van der Waals surface area contributed by atoms with Gasteiger partial charge in [-0.3, -0.25) is 10.2 Å². The van der Waals surface area contributed by atoms with E-state index in [1.807, 2.05) is 18.2 Å². The minimum absolute atomic E-state index is 0.484. The number of nitrogens with one attached hydrogen (secondary N) is 1. The Balaban J connectivity index is 1.79. The summed E-state index contributed by atoms with van der Waals surface area (Å²) >= 11 is 0. The van der Waals surface area contributed by atoms with Crippen LogP contribution in [0.25, 0.3) is 11.1 Å². The second-order valence-electron chi connectivity index (χ2n) is 6.27. The first-order chi connectivity index (χ1) is 10.8. The Morgan fingerprint density at radius 3 is 2.82 bits per heavy atom. The van der Waals surface area contributed by atoms with Crippen LogP contribution < -0.4 is 5.43 Å². The van der Waals surface area contributed by atoms with Gasteiger partial charge in [-0.15, -0.1) is 0 Å². The summed E-state index contributed by atoms with van der Waals surface area (Å²) < 4.78 is 5.26. The van der Waals surface area contributed by atoms with Crippen LogP contribution in [-0.2, 0) is 0 Å². The van der Waals surface area contributed by atoms with Crippen molar-refractivity contribution >= 4 is 6.29 Å². The van der Waals surface area contributed by atoms with Gasteiger partial charge in [-0.1, -0.05) is 12.1 Å². The van der Waals surface area contributed by atoms with Crippen molar-refractivity contribution in [3.8, 4) is 11.1 Å². The summed E-state index contributed by atoms with van der Waals surface area (Å²) in [6.45, 7) is 3.24. The summed E-state index contributed by atoms with van der Waals surface area (Å²) in [5.74, 6) is 1.19. The first kappa shape index (κ1) is 13.7. The Bertz CT molecular complexity index is 658. The van der Waals surface area contributed by atoms with Crippen LogP contribution in [0.4, 0.5) is 0 Å². The number of rotatable bonds is 3. The lowest BCUT2D eigenvalue weighted by atomic mass is 9.78. The molecule has 1 N–H and O–H groups in total. The molecule has 4 heteroatoms. The molecule has 5 rings (SSSR count). The summed E-state index contributed by atoms with van der Waals surface area (Å²) in [4.78, 5) is 11.2. The minimum Gasteiger partial charge on any atom is -0.472 e. The molecular formula is C18H20N2O2. The Labute approximate surface area is 130 Å². The van der Waals surface area contributed by atoms with Crippen molar-refractivity contribution in [2.75, 3.05) is 19.6 Å². The lowest BCUT2D eigenvalue weighted by molar-refractivity contribution is 0.112. The first-order valence-corrected chi connectivity index (χ1v) is 7.95. The van der Waals surface area contributed by atoms with E-state index in [1.54, 1.807) is 12.5 Å². The molecule has 1 atom stereocenters. The molecule has 3 aliphatic rings. The van der Waals surface area contributed by atoms with Crippen molar-refractivity contribution in [1.29, 1.82) is 0 Å². The number of nitrogens with zero attached hydrogens (tertiary/aromatic N) is 1. The molecular weight excluding hydrogens is 276 g/mol. The highest BCUT2D eigenvalue weighted by Gasteiger charge is 2.33. The number of hydrogen-bond donors (Lipinski definition) is 1. The second kappa shape index (κ2) is 5.71. The van der Waals surface area contributed by atoms with Crippen LogP contribution in [0, 0.1) is 5.92 Å². The standard InChI is InChI=1S/C18H20N2O2/c21-11-13-1-2-16(17(9-13)15-5-8-22-12-15)18-10-19-20-6-3-14(18)4-7-20/h1-2,5,8-9,11-12,14,18-19H,3-4,6-7,10H2. The lowest BCUT2D eigenvalue weighted by Gasteiger charge is -2.29. The number of benzene rings is 1. The van der Waals surface area contributed by atoms with Crippen LogP contribution in [0.1, 0.15) is 34.7 Å². The monoisotopic (exact) mass is 296 g/mol. The molecule has 2 bridgehead atoms. The van der Waals surface area contributed by atoms with Crippen molar-refractivity contribution in [3.63, 3.8) is 0 Å². The van der Waals surface area contributed by atoms with Crippen molar-refractivity contribution < 1.29 is 9.21 Å². The Morgan fingerprint density at radius 2 is 2.09 bits per heavy atom. The van der Waals surface area contributed by atoms with Gasteiger partial charge in [0.1, 0.15) is 6.29 Å². The highest BCUT2D eigenvalue weighted by Crippen LogP contribution is 2.39. The third-order valence-corrected chi connectivity index (χ3v) is 5.09. The number of aldehydes is 1. The van der Waals surface area contributed by atoms with Crippen LogP contribution in [0.15, 0.2) is 41.2 Å². The molecule has 0 amide bonds. The fourth-order valence-corrected chi connectivity index (χ4v) is 3.86. The molecule has 4 heterocycles. The molecule has 114 valence electrons. The molecule has 0 spiro atoms. The van der Waals surface area contributed by atoms with Crippen LogP contribution in [-0.4, -0.2) is 30.9 Å². The zero-order valence-corrected chi connectivity index (χ0v) is 12.5. The quantitative estimate of drug-likeness (QED) is 0.884. The number of hydrogen-bond acceptors (Lipinski definition) is 4. The number of carbonyl (C=O) groups is 1. The predicted molar refractivity (Wildman–Crippen MR) is 84.6 cm³/mol. The van der Waals surface area contributed by atoms with Gasteiger partial charge in [0.15, 0.2) is 0 Å². The number of hydrazine groups is 1. The Morgan fingerprint density at radius 1 is 1.23 bits per heavy atom. The third kappa shape index (κ3) is 2.38. The van der Waals surface area contributed by atoms with E-state index < -0.39 is 0 Å². The molecule has 1 aromatic carbocycles. The van der Waals surface area contributed by atoms with E-state index in [2.05, 4.69) is 16.5 Å². The minimum atomic E-state index is 0.484. The van der Waals surface area contributed by atoms with Gasteiger partial charge in [0.2, 0.25) is 0 Å². The predicted octanol–water partition coefficient (Wildman–Crippen LogP) is 3.07. The van der Waals surface area contributed by atoms with Crippen LogP contribution >= 0.6 is 0 Å². The van der Waals surface area contributed by atoms with E-state index in [1.165, 1.54) is 18.4 Å². The molecule has 2 aromatic rings. The molecule has 3 saturated heterocycles. The van der Waals surface area contributed by atoms with Gasteiger partial charge < -0.3 is 4.42 Å². The highest BCUT2D eigenvalue weighted by atomic mass is 16.3. The average molecular weight is 296 g/mol. The number of fused-ring (bicyclic) bond motifs is 4. The smallest absolute Gasteiger partial charge is 0.150 e. The van der Waals surface area contributed by atoms with Gasteiger partial charge in [-0.2, -0.15) is 0 Å². The summed E-state index contributed by atoms with van der Waals surface area (Å²) in [6, 6.07) is 8.03. The average Bonchev–Trinajstić information content (AvgIpc) is 2.95. The van der Waals surface area contributed by atoms with E-state index in [-0.39, 0.29) is 0 Å². The number of furan rings is 1. The second-order valence-corrected chi connectivity index (χ2v) is 6.27. The molecule has 0 aliphatic carbocycles. The van der Waals surface area contributed by atoms with Gasteiger partial charge in [-0.05, 0) is 42.0 Å². The van der Waals surface area contributed by atoms with Gasteiger partial charge in [0.05, 0.1) is 12.5 Å². The van der Waals surface area contributed by atoms with Crippen molar-refractivity contribution in [1.82, 2.24) is 10.4 Å². The van der Waals surface area contributed by atoms with Gasteiger partial charge >= 0.3 is 0 Å². The zero-order valence-electron chi connectivity index (χ0n) is 12.5. The summed E-state index contributed by atoms with van der Waals surface area (Å²) in [5.41, 5.74) is 7.79. The van der Waals surface area contributed by atoms with Crippen LogP contribution in [0.3, 0.4) is 0 Å². The fourth-order valence-electron chi connectivity index (χ4n) is 3.86. The topological polar surface area (TPSA) is 45.5 Å². The molecule has 0 radical (unpaired) electrons. The van der Waals surface area contributed by atoms with E-state index in [0.717, 1.165) is 42.6 Å². The van der Waals surface area contributed by atoms with Crippen LogP contribution in [0.5, 0.6) is 0 Å². The zero-order chi connectivity index (χ0) is 14.9. The Kier molecular flexibility index (Phi) is 3.56. The van der Waals surface area contributed by atoms with Crippen LogP contribution in [0.2, 0.25) is 0 Å². The normalized spacial score (nSPS) is 27.5. The molecule has 3 fully saturated rings. The maximum atomic E-state index is 11.2. The maximum Gasteiger partial charge on any atom is 0.150 e. The lowest BCUT2D eigenvalue weighted by Crippen LogP contribution is -2.39. The fraction of sp³-hybridized carbons (Fsp3) is 0.389. The largest absolute Gasteiger partial charge is 0.472 e. The van der Waals surface area contributed by atoms with Gasteiger partial charge in [0, 0.05) is 36.7 Å². The molecule has 1 unspecified atom stereocenters. The van der Waals surface area contributed by atoms with Gasteiger partial charge in [-0.25, -0.2) is 5.01 Å². The molecule has 22 heavy (non-hydrogen) atoms. The SMILES string of the molecule is O=Cc1ccc(C2CNN3CCC2CC3)c(-c2ccoc2)c1. The van der Waals surface area contributed by atoms with Crippen molar-refractivity contribution in [2.45, 2.75) is 18.8 Å². The number of carbonyl (C=O) groups excluding carboxylic acids is 1. The number of piperidine rings is 1. The van der Waals surface area contributed by atoms with E-state index in [9.17, 15) is 4.79 Å². The maximum absolute atomic E-state index is 11.2. The molecule has 4 nitrogen and oxygen atoms in total. The molecule has 3 aliphatic heterocycles. The van der Waals surface area contributed by atoms with E-state index in [0.29, 0.717) is 11.8 Å². The Hall–Kier alpha value is -1.91. The van der Waals surface area contributed by atoms with E-state index in [4.69, 9.17) is 4.42 Å². The summed E-state index contributed by atoms with van der Waals surface area (Å²) in [5, 5.41) is 2.34. The van der Waals surface area contributed by atoms with Crippen molar-refractivity contribution in [3.05, 3.63) is 47.9 Å². The van der Waals surface area contributed by atoms with Crippen molar-refractivity contribution in [2.24, 2.45) is 5.92 Å². The summed E-state index contributed by atoms with van der Waals surface area (Å²) in [7, 11) is 0. The third-order valence-electron chi connectivity index (χ3n) is 5.09. The van der Waals surface area contributed by atoms with E-state index >= 15 is 0 Å². The highest BCUT2D eigenvalue weighted by molar-refractivity contribution is 5.80.